The van der Waals surface area contributed by atoms with Crippen molar-refractivity contribution < 1.29 is 14.2 Å². The third kappa shape index (κ3) is 3.17. The summed E-state index contributed by atoms with van der Waals surface area (Å²) in [6.45, 7) is 2.04. The average Bonchev–Trinajstić information content (AvgIpc) is 2.46. The number of aliphatic hydroxyl groups is 1. The van der Waals surface area contributed by atoms with E-state index in [2.05, 4.69) is 0 Å². The molecule has 0 aromatic heterocycles. The molecule has 0 bridgehead atoms. The molecular weight excluding hydrogens is 255 g/mol. The van der Waals surface area contributed by atoms with Gasteiger partial charge in [0.1, 0.15) is 0 Å². The maximum Gasteiger partial charge on any atom is 0.170 e. The van der Waals surface area contributed by atoms with Crippen molar-refractivity contribution in [2.75, 3.05) is 7.11 Å². The summed E-state index contributed by atoms with van der Waals surface area (Å²) in [6, 6.07) is 12.9. The molecule has 20 heavy (non-hydrogen) atoms. The molecule has 0 heterocycles. The van der Waals surface area contributed by atoms with E-state index in [-0.39, 0.29) is 11.3 Å². The first-order valence-electron chi connectivity index (χ1n) is 6.68. The minimum absolute atomic E-state index is 0.164. The van der Waals surface area contributed by atoms with Crippen LogP contribution in [0.2, 0.25) is 0 Å². The molecule has 0 spiro atoms. The monoisotopic (exact) mass is 274 g/mol. The van der Waals surface area contributed by atoms with Gasteiger partial charge in [0.25, 0.3) is 0 Å². The van der Waals surface area contributed by atoms with Gasteiger partial charge < -0.3 is 9.84 Å². The average molecular weight is 274 g/mol. The van der Waals surface area contributed by atoms with E-state index < -0.39 is 11.9 Å². The van der Waals surface area contributed by atoms with Crippen LogP contribution in [-0.4, -0.2) is 12.2 Å². The van der Waals surface area contributed by atoms with Crippen molar-refractivity contribution in [1.29, 1.82) is 0 Å². The van der Waals surface area contributed by atoms with Crippen molar-refractivity contribution in [2.45, 2.75) is 25.9 Å². The molecule has 0 saturated heterocycles. The summed E-state index contributed by atoms with van der Waals surface area (Å²) in [5.41, 5.74) is 2.65. The fourth-order valence-electron chi connectivity index (χ4n) is 2.28. The second kappa shape index (κ2) is 6.53. The Hall–Kier alpha value is -1.87. The van der Waals surface area contributed by atoms with E-state index in [9.17, 15) is 9.50 Å². The Morgan fingerprint density at radius 1 is 1.15 bits per heavy atom. The first-order chi connectivity index (χ1) is 9.63. The van der Waals surface area contributed by atoms with E-state index in [1.807, 2.05) is 31.2 Å². The molecule has 0 aliphatic carbocycles. The van der Waals surface area contributed by atoms with Crippen molar-refractivity contribution in [2.24, 2.45) is 0 Å². The van der Waals surface area contributed by atoms with Crippen LogP contribution in [-0.2, 0) is 6.42 Å². The lowest BCUT2D eigenvalue weighted by Gasteiger charge is -2.14. The second-order valence-corrected chi connectivity index (χ2v) is 4.84. The summed E-state index contributed by atoms with van der Waals surface area (Å²) < 4.78 is 19.0. The van der Waals surface area contributed by atoms with Crippen LogP contribution in [0.15, 0.2) is 42.5 Å². The molecule has 2 rings (SSSR count). The van der Waals surface area contributed by atoms with Gasteiger partial charge in [-0.15, -0.1) is 0 Å². The van der Waals surface area contributed by atoms with Crippen LogP contribution in [0, 0.1) is 12.7 Å². The topological polar surface area (TPSA) is 29.5 Å². The summed E-state index contributed by atoms with van der Waals surface area (Å²) >= 11 is 0. The van der Waals surface area contributed by atoms with Crippen LogP contribution in [0.1, 0.15) is 29.2 Å². The van der Waals surface area contributed by atoms with Crippen LogP contribution >= 0.6 is 0 Å². The van der Waals surface area contributed by atoms with E-state index in [4.69, 9.17) is 4.74 Å². The van der Waals surface area contributed by atoms with Crippen LogP contribution in [0.5, 0.6) is 5.75 Å². The molecule has 1 atom stereocenters. The second-order valence-electron chi connectivity index (χ2n) is 4.84. The molecule has 0 aliphatic rings. The fraction of sp³-hybridized carbons (Fsp3) is 0.294. The molecule has 2 aromatic rings. The molecule has 2 aromatic carbocycles. The molecule has 1 N–H and O–H groups in total. The van der Waals surface area contributed by atoms with Crippen LogP contribution in [0.3, 0.4) is 0 Å². The van der Waals surface area contributed by atoms with Gasteiger partial charge in [-0.25, -0.2) is 4.39 Å². The lowest BCUT2D eigenvalue weighted by Crippen LogP contribution is -2.04. The zero-order chi connectivity index (χ0) is 14.5. The zero-order valence-corrected chi connectivity index (χ0v) is 11.8. The van der Waals surface area contributed by atoms with Crippen molar-refractivity contribution in [1.82, 2.24) is 0 Å². The van der Waals surface area contributed by atoms with Gasteiger partial charge in [-0.05, 0) is 37.0 Å². The Kier molecular flexibility index (Phi) is 4.74. The van der Waals surface area contributed by atoms with Crippen molar-refractivity contribution in [3.63, 3.8) is 0 Å². The molecule has 106 valence electrons. The van der Waals surface area contributed by atoms with Gasteiger partial charge in [0, 0.05) is 5.56 Å². The predicted molar refractivity (Wildman–Crippen MR) is 77.4 cm³/mol. The number of benzene rings is 2. The van der Waals surface area contributed by atoms with Gasteiger partial charge in [0.05, 0.1) is 13.2 Å². The van der Waals surface area contributed by atoms with Gasteiger partial charge in [0.15, 0.2) is 11.6 Å². The Labute approximate surface area is 118 Å². The normalized spacial score (nSPS) is 12.2. The van der Waals surface area contributed by atoms with E-state index in [0.717, 1.165) is 0 Å². The van der Waals surface area contributed by atoms with E-state index in [1.54, 1.807) is 18.2 Å². The highest BCUT2D eigenvalue weighted by atomic mass is 19.1. The molecule has 0 fully saturated rings. The Bertz CT molecular complexity index is 581. The lowest BCUT2D eigenvalue weighted by atomic mass is 9.98. The van der Waals surface area contributed by atoms with Crippen LogP contribution in [0.4, 0.5) is 4.39 Å². The van der Waals surface area contributed by atoms with Gasteiger partial charge in [-0.1, -0.05) is 36.4 Å². The Balaban J connectivity index is 2.09. The maximum atomic E-state index is 14.0. The van der Waals surface area contributed by atoms with Crippen molar-refractivity contribution in [3.05, 3.63) is 65.0 Å². The van der Waals surface area contributed by atoms with Crippen molar-refractivity contribution in [3.8, 4) is 5.75 Å². The van der Waals surface area contributed by atoms with Crippen LogP contribution < -0.4 is 4.74 Å². The first kappa shape index (κ1) is 14.5. The standard InChI is InChI=1S/C17H19FO2/c1-12-6-3-4-7-13(12)10-11-15(19)14-8-5-9-16(20-2)17(14)18/h3-9,15,19H,10-11H2,1-2H3. The third-order valence-electron chi connectivity index (χ3n) is 3.52. The minimum Gasteiger partial charge on any atom is -0.494 e. The number of hydrogen-bond donors (Lipinski definition) is 1. The predicted octanol–water partition coefficient (Wildman–Crippen LogP) is 3.81. The van der Waals surface area contributed by atoms with E-state index in [0.29, 0.717) is 12.8 Å². The molecule has 0 amide bonds. The van der Waals surface area contributed by atoms with E-state index in [1.165, 1.54) is 18.2 Å². The highest BCUT2D eigenvalue weighted by Gasteiger charge is 2.16. The molecule has 0 radical (unpaired) electrons. The molecule has 3 heteroatoms. The highest BCUT2D eigenvalue weighted by molar-refractivity contribution is 5.33. The lowest BCUT2D eigenvalue weighted by molar-refractivity contribution is 0.162. The summed E-state index contributed by atoms with van der Waals surface area (Å²) in [7, 11) is 1.42. The number of methoxy groups -OCH3 is 1. The maximum absolute atomic E-state index is 14.0. The number of hydrogen-bond acceptors (Lipinski definition) is 2. The SMILES string of the molecule is COc1cccc(C(O)CCc2ccccc2C)c1F. The number of aliphatic hydroxyl groups excluding tert-OH is 1. The highest BCUT2D eigenvalue weighted by Crippen LogP contribution is 2.27. The smallest absolute Gasteiger partial charge is 0.170 e. The minimum atomic E-state index is -0.829. The molecule has 0 aliphatic heterocycles. The molecule has 2 nitrogen and oxygen atoms in total. The van der Waals surface area contributed by atoms with E-state index >= 15 is 0 Å². The van der Waals surface area contributed by atoms with Crippen molar-refractivity contribution >= 4 is 0 Å². The molecule has 0 saturated carbocycles. The van der Waals surface area contributed by atoms with Gasteiger partial charge >= 0.3 is 0 Å². The molecular formula is C17H19FO2. The zero-order valence-electron chi connectivity index (χ0n) is 11.8. The van der Waals surface area contributed by atoms with Gasteiger partial charge in [-0.3, -0.25) is 0 Å². The largest absolute Gasteiger partial charge is 0.494 e. The summed E-state index contributed by atoms with van der Waals surface area (Å²) in [5.74, 6) is -0.315. The Morgan fingerprint density at radius 2 is 1.90 bits per heavy atom. The Morgan fingerprint density at radius 3 is 2.60 bits per heavy atom. The quantitative estimate of drug-likeness (QED) is 0.898. The third-order valence-corrected chi connectivity index (χ3v) is 3.52. The van der Waals surface area contributed by atoms with Gasteiger partial charge in [-0.2, -0.15) is 0 Å². The first-order valence-corrected chi connectivity index (χ1v) is 6.68. The number of halogens is 1. The fourth-order valence-corrected chi connectivity index (χ4v) is 2.28. The summed E-state index contributed by atoms with van der Waals surface area (Å²) in [4.78, 5) is 0. The number of ether oxygens (including phenoxy) is 1. The number of rotatable bonds is 5. The molecule has 1 unspecified atom stereocenters. The van der Waals surface area contributed by atoms with Gasteiger partial charge in [0.2, 0.25) is 0 Å². The summed E-state index contributed by atoms with van der Waals surface area (Å²) in [5, 5.41) is 10.2. The number of aryl methyl sites for hydroxylation is 2. The summed E-state index contributed by atoms with van der Waals surface area (Å²) in [6.07, 6.45) is 0.365. The van der Waals surface area contributed by atoms with Crippen LogP contribution in [0.25, 0.3) is 0 Å².